The van der Waals surface area contributed by atoms with E-state index in [1.807, 2.05) is 38.1 Å². The second kappa shape index (κ2) is 7.53. The van der Waals surface area contributed by atoms with Gasteiger partial charge in [-0.3, -0.25) is 0 Å². The van der Waals surface area contributed by atoms with Crippen molar-refractivity contribution in [2.45, 2.75) is 39.3 Å². The van der Waals surface area contributed by atoms with Crippen molar-refractivity contribution in [3.05, 3.63) is 29.8 Å². The van der Waals surface area contributed by atoms with Crippen LogP contribution in [0.3, 0.4) is 0 Å². The maximum atomic E-state index is 12.1. The predicted molar refractivity (Wildman–Crippen MR) is 97.7 cm³/mol. The number of amides is 3. The highest BCUT2D eigenvalue weighted by Crippen LogP contribution is 2.50. The number of rotatable bonds is 7. The van der Waals surface area contributed by atoms with Gasteiger partial charge in [0.15, 0.2) is 0 Å². The third-order valence-corrected chi connectivity index (χ3v) is 5.18. The molecule has 2 aliphatic rings. The van der Waals surface area contributed by atoms with Crippen molar-refractivity contribution in [3.63, 3.8) is 0 Å². The zero-order valence-electron chi connectivity index (χ0n) is 15.3. The summed E-state index contributed by atoms with van der Waals surface area (Å²) in [6.45, 7) is 6.01. The molecule has 0 radical (unpaired) electrons. The van der Waals surface area contributed by atoms with Crippen LogP contribution in [0.4, 0.5) is 15.3 Å². The Balaban J connectivity index is 1.46. The molecule has 1 saturated carbocycles. The minimum absolute atomic E-state index is 0.167. The summed E-state index contributed by atoms with van der Waals surface area (Å²) in [6, 6.07) is 7.11. The summed E-state index contributed by atoms with van der Waals surface area (Å²) in [5.74, 6) is 0.183. The van der Waals surface area contributed by atoms with E-state index in [9.17, 15) is 14.7 Å². The average molecular weight is 361 g/mol. The van der Waals surface area contributed by atoms with Gasteiger partial charge in [-0.1, -0.05) is 26.0 Å². The Bertz CT molecular complexity index is 655. The molecule has 1 heterocycles. The minimum atomic E-state index is -0.389. The number of cyclic esters (lactones) is 1. The third kappa shape index (κ3) is 4.27. The van der Waals surface area contributed by atoms with E-state index in [1.54, 1.807) is 4.90 Å². The number of hydrogen-bond acceptors (Lipinski definition) is 4. The lowest BCUT2D eigenvalue weighted by molar-refractivity contribution is 0.0518. The summed E-state index contributed by atoms with van der Waals surface area (Å²) in [5, 5.41) is 15.9. The Kier molecular flexibility index (Phi) is 5.36. The SMILES string of the molecule is CC(C)[C@@H](O)C1(CNC(=O)Nc2ccc(CN3CCOC3=O)cc2)CC1. The van der Waals surface area contributed by atoms with Crippen molar-refractivity contribution in [2.75, 3.05) is 25.0 Å². The quantitative estimate of drug-likeness (QED) is 0.696. The van der Waals surface area contributed by atoms with Gasteiger partial charge in [0.1, 0.15) is 6.61 Å². The highest BCUT2D eigenvalue weighted by atomic mass is 16.6. The van der Waals surface area contributed by atoms with Crippen LogP contribution in [0.25, 0.3) is 0 Å². The fourth-order valence-corrected chi connectivity index (χ4v) is 3.36. The summed E-state index contributed by atoms with van der Waals surface area (Å²) in [4.78, 5) is 25.2. The van der Waals surface area contributed by atoms with Crippen LogP contribution in [0.15, 0.2) is 24.3 Å². The van der Waals surface area contributed by atoms with E-state index in [4.69, 9.17) is 4.74 Å². The largest absolute Gasteiger partial charge is 0.448 e. The summed E-state index contributed by atoms with van der Waals surface area (Å²) < 4.78 is 4.91. The lowest BCUT2D eigenvalue weighted by Gasteiger charge is -2.25. The number of carbonyl (C=O) groups is 2. The van der Waals surface area contributed by atoms with Crippen LogP contribution >= 0.6 is 0 Å². The summed E-state index contributed by atoms with van der Waals surface area (Å²) in [7, 11) is 0. The van der Waals surface area contributed by atoms with Gasteiger partial charge in [0.2, 0.25) is 0 Å². The van der Waals surface area contributed by atoms with Gasteiger partial charge in [0, 0.05) is 24.2 Å². The number of anilines is 1. The number of nitrogens with zero attached hydrogens (tertiary/aromatic N) is 1. The summed E-state index contributed by atoms with van der Waals surface area (Å²) >= 11 is 0. The van der Waals surface area contributed by atoms with Gasteiger partial charge in [-0.25, -0.2) is 9.59 Å². The van der Waals surface area contributed by atoms with Crippen molar-refractivity contribution in [1.82, 2.24) is 10.2 Å². The van der Waals surface area contributed by atoms with E-state index in [1.165, 1.54) is 0 Å². The number of urea groups is 1. The Morgan fingerprint density at radius 2 is 2.00 bits per heavy atom. The highest BCUT2D eigenvalue weighted by Gasteiger charge is 2.49. The normalized spacial score (nSPS) is 19.2. The first-order valence-corrected chi connectivity index (χ1v) is 9.13. The van der Waals surface area contributed by atoms with Gasteiger partial charge in [0.05, 0.1) is 12.6 Å². The number of aliphatic hydroxyl groups is 1. The summed E-state index contributed by atoms with van der Waals surface area (Å²) in [5.41, 5.74) is 1.50. The van der Waals surface area contributed by atoms with Crippen LogP contribution in [-0.4, -0.2) is 47.9 Å². The van der Waals surface area contributed by atoms with Crippen LogP contribution in [0.2, 0.25) is 0 Å². The zero-order valence-corrected chi connectivity index (χ0v) is 15.3. The van der Waals surface area contributed by atoms with E-state index >= 15 is 0 Å². The molecule has 3 amide bonds. The van der Waals surface area contributed by atoms with Gasteiger partial charge in [-0.05, 0) is 36.5 Å². The Morgan fingerprint density at radius 3 is 2.54 bits per heavy atom. The molecule has 7 heteroatoms. The molecule has 1 aliphatic carbocycles. The maximum absolute atomic E-state index is 12.1. The third-order valence-electron chi connectivity index (χ3n) is 5.18. The number of nitrogens with one attached hydrogen (secondary N) is 2. The second-order valence-corrected chi connectivity index (χ2v) is 7.59. The van der Waals surface area contributed by atoms with Crippen LogP contribution in [0.5, 0.6) is 0 Å². The molecule has 0 unspecified atom stereocenters. The average Bonchev–Trinajstić information content (AvgIpc) is 3.31. The first-order chi connectivity index (χ1) is 12.4. The fourth-order valence-electron chi connectivity index (χ4n) is 3.36. The van der Waals surface area contributed by atoms with E-state index in [2.05, 4.69) is 10.6 Å². The Labute approximate surface area is 153 Å². The number of benzene rings is 1. The molecule has 0 bridgehead atoms. The topological polar surface area (TPSA) is 90.9 Å². The molecule has 142 valence electrons. The predicted octanol–water partition coefficient (Wildman–Crippen LogP) is 2.56. The van der Waals surface area contributed by atoms with Crippen LogP contribution in [0.1, 0.15) is 32.3 Å². The van der Waals surface area contributed by atoms with Gasteiger partial charge < -0.3 is 25.4 Å². The molecule has 3 N–H and O–H groups in total. The molecule has 1 saturated heterocycles. The van der Waals surface area contributed by atoms with Gasteiger partial charge in [-0.2, -0.15) is 0 Å². The molecule has 1 atom stereocenters. The molecule has 1 aliphatic heterocycles. The fraction of sp³-hybridized carbons (Fsp3) is 0.579. The standard InChI is InChI=1S/C19H27N3O4/c1-13(2)16(23)19(7-8-19)12-20-17(24)21-15-5-3-14(4-6-15)11-22-9-10-26-18(22)25/h3-6,13,16,23H,7-12H2,1-2H3,(H2,20,21,24)/t16-/m1/s1. The first-order valence-electron chi connectivity index (χ1n) is 9.13. The lowest BCUT2D eigenvalue weighted by atomic mass is 9.90. The number of carbonyl (C=O) groups excluding carboxylic acids is 2. The van der Waals surface area contributed by atoms with Crippen molar-refractivity contribution < 1.29 is 19.4 Å². The van der Waals surface area contributed by atoms with Crippen LogP contribution in [-0.2, 0) is 11.3 Å². The van der Waals surface area contributed by atoms with Crippen molar-refractivity contribution in [1.29, 1.82) is 0 Å². The van der Waals surface area contributed by atoms with Crippen molar-refractivity contribution in [3.8, 4) is 0 Å². The smallest absolute Gasteiger partial charge is 0.410 e. The molecule has 7 nitrogen and oxygen atoms in total. The molecule has 0 aromatic heterocycles. The Morgan fingerprint density at radius 1 is 1.31 bits per heavy atom. The van der Waals surface area contributed by atoms with Gasteiger partial charge >= 0.3 is 12.1 Å². The van der Waals surface area contributed by atoms with E-state index < -0.39 is 0 Å². The van der Waals surface area contributed by atoms with Crippen LogP contribution in [0, 0.1) is 11.3 Å². The van der Waals surface area contributed by atoms with E-state index in [0.29, 0.717) is 31.9 Å². The molecular weight excluding hydrogens is 334 g/mol. The monoisotopic (exact) mass is 361 g/mol. The molecule has 26 heavy (non-hydrogen) atoms. The molecule has 2 fully saturated rings. The first kappa shape index (κ1) is 18.5. The molecule has 1 aromatic rings. The van der Waals surface area contributed by atoms with Gasteiger partial charge in [0.25, 0.3) is 0 Å². The van der Waals surface area contributed by atoms with Crippen molar-refractivity contribution >= 4 is 17.8 Å². The molecule has 3 rings (SSSR count). The van der Waals surface area contributed by atoms with E-state index in [-0.39, 0.29) is 29.6 Å². The summed E-state index contributed by atoms with van der Waals surface area (Å²) in [6.07, 6.45) is 1.21. The second-order valence-electron chi connectivity index (χ2n) is 7.59. The molecule has 0 spiro atoms. The lowest BCUT2D eigenvalue weighted by Crippen LogP contribution is -2.40. The van der Waals surface area contributed by atoms with Crippen LogP contribution < -0.4 is 10.6 Å². The highest BCUT2D eigenvalue weighted by molar-refractivity contribution is 5.89. The van der Waals surface area contributed by atoms with Crippen molar-refractivity contribution in [2.24, 2.45) is 11.3 Å². The number of ether oxygens (including phenoxy) is 1. The number of aliphatic hydroxyl groups excluding tert-OH is 1. The van der Waals surface area contributed by atoms with E-state index in [0.717, 1.165) is 18.4 Å². The zero-order chi connectivity index (χ0) is 18.7. The van der Waals surface area contributed by atoms with Gasteiger partial charge in [-0.15, -0.1) is 0 Å². The molecular formula is C19H27N3O4. The minimum Gasteiger partial charge on any atom is -0.448 e. The Hall–Kier alpha value is -2.28. The number of hydrogen-bond donors (Lipinski definition) is 3. The molecule has 1 aromatic carbocycles. The maximum Gasteiger partial charge on any atom is 0.410 e.